The number of hydrogen-bond acceptors (Lipinski definition) is 4. The number of unbranched alkanes of at least 4 members (excludes halogenated alkanes) is 6. The zero-order chi connectivity index (χ0) is 28.6. The van der Waals surface area contributed by atoms with Gasteiger partial charge >= 0.3 is 0 Å². The minimum absolute atomic E-state index is 0.136. The van der Waals surface area contributed by atoms with Crippen LogP contribution in [0.5, 0.6) is 0 Å². The summed E-state index contributed by atoms with van der Waals surface area (Å²) in [7, 11) is 0. The van der Waals surface area contributed by atoms with Crippen molar-refractivity contribution in [3.05, 3.63) is 64.9 Å². The van der Waals surface area contributed by atoms with Crippen LogP contribution in [0.1, 0.15) is 119 Å². The van der Waals surface area contributed by atoms with Gasteiger partial charge in [-0.3, -0.25) is 14.3 Å². The second-order valence-electron chi connectivity index (χ2n) is 11.4. The highest BCUT2D eigenvalue weighted by atomic mass is 19.1. The number of aromatic nitrogens is 2. The summed E-state index contributed by atoms with van der Waals surface area (Å²) < 4.78 is 25.6. The first kappa shape index (κ1) is 32.2. The van der Waals surface area contributed by atoms with Gasteiger partial charge in [0, 0.05) is 18.4 Å². The van der Waals surface area contributed by atoms with E-state index in [0.29, 0.717) is 6.42 Å². The maximum Gasteiger partial charge on any atom is 0.141 e. The lowest BCUT2D eigenvalue weighted by Gasteiger charge is -2.29. The summed E-state index contributed by atoms with van der Waals surface area (Å²) in [5.41, 5.74) is 6.19. The molecular formula is C34H52F2N4. The summed E-state index contributed by atoms with van der Waals surface area (Å²) >= 11 is 0. The van der Waals surface area contributed by atoms with Crippen LogP contribution in [0.2, 0.25) is 0 Å². The summed E-state index contributed by atoms with van der Waals surface area (Å²) in [6.45, 7) is 11.8. The van der Waals surface area contributed by atoms with Gasteiger partial charge in [0.25, 0.3) is 0 Å². The van der Waals surface area contributed by atoms with Crippen LogP contribution in [0.25, 0.3) is 0 Å². The molecule has 4 rings (SSSR count). The summed E-state index contributed by atoms with van der Waals surface area (Å²) in [6.07, 6.45) is 20.0. The van der Waals surface area contributed by atoms with Crippen molar-refractivity contribution in [3.63, 3.8) is 0 Å². The van der Waals surface area contributed by atoms with E-state index < -0.39 is 0 Å². The van der Waals surface area contributed by atoms with Gasteiger partial charge in [0.2, 0.25) is 0 Å². The molecule has 1 unspecified atom stereocenters. The van der Waals surface area contributed by atoms with E-state index >= 15 is 0 Å². The zero-order valence-electron chi connectivity index (χ0n) is 25.1. The van der Waals surface area contributed by atoms with Gasteiger partial charge in [0.15, 0.2) is 0 Å². The van der Waals surface area contributed by atoms with Crippen LogP contribution in [0, 0.1) is 5.82 Å². The summed E-state index contributed by atoms with van der Waals surface area (Å²) in [4.78, 5) is 11.2. The van der Waals surface area contributed by atoms with Crippen molar-refractivity contribution in [3.8, 4) is 0 Å². The lowest BCUT2D eigenvalue weighted by molar-refractivity contribution is 0.271. The third kappa shape index (κ3) is 10.2. The Labute approximate surface area is 242 Å². The molecule has 0 spiro atoms. The van der Waals surface area contributed by atoms with Crippen molar-refractivity contribution in [1.82, 2.24) is 14.9 Å². The number of pyridine rings is 2. The van der Waals surface area contributed by atoms with E-state index in [-0.39, 0.29) is 18.5 Å². The molecule has 0 radical (unpaired) electrons. The van der Waals surface area contributed by atoms with Crippen molar-refractivity contribution >= 4 is 5.82 Å². The van der Waals surface area contributed by atoms with Gasteiger partial charge in [-0.2, -0.15) is 0 Å². The topological polar surface area (TPSA) is 41.1 Å². The molecule has 4 nitrogen and oxygen atoms in total. The van der Waals surface area contributed by atoms with Crippen molar-refractivity contribution in [2.45, 2.75) is 116 Å². The third-order valence-corrected chi connectivity index (χ3v) is 8.15. The second kappa shape index (κ2) is 18.2. The van der Waals surface area contributed by atoms with Crippen LogP contribution in [-0.2, 0) is 19.3 Å². The number of halogens is 2. The SMILES string of the molecule is C=C(CCCCCCC)C(c1cncc(F)c1)N1CCCC1.CCc1cc(CCCCCF)nc2c1CCCN2. The molecule has 0 amide bonds. The third-order valence-electron chi connectivity index (χ3n) is 8.15. The molecule has 0 aliphatic carbocycles. The van der Waals surface area contributed by atoms with Crippen LogP contribution < -0.4 is 5.32 Å². The maximum atomic E-state index is 13.6. The fourth-order valence-corrected chi connectivity index (χ4v) is 5.98. The normalized spacial score (nSPS) is 15.6. The van der Waals surface area contributed by atoms with E-state index in [9.17, 15) is 8.78 Å². The van der Waals surface area contributed by atoms with Crippen LogP contribution in [0.4, 0.5) is 14.6 Å². The molecule has 1 saturated heterocycles. The molecule has 2 aliphatic rings. The Morgan fingerprint density at radius 1 is 1.00 bits per heavy atom. The van der Waals surface area contributed by atoms with E-state index in [0.717, 1.165) is 69.5 Å². The first-order valence-corrected chi connectivity index (χ1v) is 15.9. The Balaban J connectivity index is 0.000000225. The standard InChI is InChI=1S/C19H29FN2.C15H23FN2/c1-3-4-5-6-7-10-16(2)19(22-11-8-9-12-22)17-13-18(20)15-21-14-17;1-2-12-11-13(7-4-3-5-9-16)18-15-14(12)8-6-10-17-15/h13-15,19H,2-12H2,1H3;11H,2-10H2,1H3,(H,17,18). The molecular weight excluding hydrogens is 502 g/mol. The summed E-state index contributed by atoms with van der Waals surface area (Å²) in [5.74, 6) is 0.846. The molecule has 0 aromatic carbocycles. The van der Waals surface area contributed by atoms with Gasteiger partial charge in [-0.1, -0.05) is 58.1 Å². The molecule has 40 heavy (non-hydrogen) atoms. The molecule has 2 aromatic rings. The maximum absolute atomic E-state index is 13.6. The number of nitrogens with zero attached hydrogens (tertiary/aromatic N) is 3. The predicted octanol–water partition coefficient (Wildman–Crippen LogP) is 8.96. The minimum Gasteiger partial charge on any atom is -0.370 e. The monoisotopic (exact) mass is 554 g/mol. The van der Waals surface area contributed by atoms with Gasteiger partial charge < -0.3 is 5.32 Å². The van der Waals surface area contributed by atoms with Gasteiger partial charge in [0.05, 0.1) is 18.9 Å². The van der Waals surface area contributed by atoms with Crippen molar-refractivity contribution in [2.75, 3.05) is 31.6 Å². The Morgan fingerprint density at radius 2 is 1.77 bits per heavy atom. The molecule has 0 bridgehead atoms. The van der Waals surface area contributed by atoms with Gasteiger partial charge in [0.1, 0.15) is 11.6 Å². The summed E-state index contributed by atoms with van der Waals surface area (Å²) in [5, 5.41) is 3.41. The van der Waals surface area contributed by atoms with E-state index in [1.54, 1.807) is 12.3 Å². The molecule has 2 aromatic heterocycles. The lowest BCUT2D eigenvalue weighted by atomic mass is 9.95. The van der Waals surface area contributed by atoms with Crippen molar-refractivity contribution in [2.24, 2.45) is 0 Å². The zero-order valence-corrected chi connectivity index (χ0v) is 25.1. The van der Waals surface area contributed by atoms with Crippen LogP contribution >= 0.6 is 0 Å². The van der Waals surface area contributed by atoms with Gasteiger partial charge in [-0.15, -0.1) is 0 Å². The molecule has 6 heteroatoms. The van der Waals surface area contributed by atoms with Gasteiger partial charge in [-0.05, 0) is 106 Å². The van der Waals surface area contributed by atoms with E-state index in [2.05, 4.69) is 41.7 Å². The molecule has 0 saturated carbocycles. The second-order valence-corrected chi connectivity index (χ2v) is 11.4. The number of fused-ring (bicyclic) bond motifs is 1. The average molecular weight is 555 g/mol. The predicted molar refractivity (Wildman–Crippen MR) is 164 cm³/mol. The Morgan fingerprint density at radius 3 is 2.50 bits per heavy atom. The van der Waals surface area contributed by atoms with E-state index in [4.69, 9.17) is 4.98 Å². The Hall–Kier alpha value is -2.34. The van der Waals surface area contributed by atoms with Crippen molar-refractivity contribution in [1.29, 1.82) is 0 Å². The first-order chi connectivity index (χ1) is 19.6. The smallest absolute Gasteiger partial charge is 0.141 e. The molecule has 1 fully saturated rings. The Bertz CT molecular complexity index is 1000. The Kier molecular flexibility index (Phi) is 14.6. The fourth-order valence-electron chi connectivity index (χ4n) is 5.98. The molecule has 2 aliphatic heterocycles. The quantitative estimate of drug-likeness (QED) is 0.176. The number of aryl methyl sites for hydroxylation is 2. The van der Waals surface area contributed by atoms with Crippen molar-refractivity contribution < 1.29 is 8.78 Å². The number of alkyl halides is 1. The van der Waals surface area contributed by atoms with E-state index in [1.807, 2.05) is 0 Å². The minimum atomic E-state index is -0.252. The first-order valence-electron chi connectivity index (χ1n) is 15.9. The number of nitrogens with one attached hydrogen (secondary N) is 1. The molecule has 1 N–H and O–H groups in total. The largest absolute Gasteiger partial charge is 0.370 e. The molecule has 4 heterocycles. The molecule has 1 atom stereocenters. The highest BCUT2D eigenvalue weighted by molar-refractivity contribution is 5.51. The number of likely N-dealkylation sites (tertiary alicyclic amines) is 1. The van der Waals surface area contributed by atoms with E-state index in [1.165, 1.54) is 80.0 Å². The average Bonchev–Trinajstić information content (AvgIpc) is 3.50. The lowest BCUT2D eigenvalue weighted by Crippen LogP contribution is -2.27. The number of hydrogen-bond donors (Lipinski definition) is 1. The fraction of sp³-hybridized carbons (Fsp3) is 0.647. The number of anilines is 1. The highest BCUT2D eigenvalue weighted by Crippen LogP contribution is 2.33. The van der Waals surface area contributed by atoms with Crippen LogP contribution in [0.3, 0.4) is 0 Å². The molecule has 222 valence electrons. The highest BCUT2D eigenvalue weighted by Gasteiger charge is 2.26. The summed E-state index contributed by atoms with van der Waals surface area (Å²) in [6, 6.07) is 4.01. The van der Waals surface area contributed by atoms with Crippen LogP contribution in [0.15, 0.2) is 36.7 Å². The van der Waals surface area contributed by atoms with Crippen LogP contribution in [-0.4, -0.2) is 41.2 Å². The van der Waals surface area contributed by atoms with Gasteiger partial charge in [-0.25, -0.2) is 9.37 Å². The number of rotatable bonds is 15.